The Morgan fingerprint density at radius 2 is 1.95 bits per heavy atom. The van der Waals surface area contributed by atoms with E-state index in [0.29, 0.717) is 6.04 Å². The summed E-state index contributed by atoms with van der Waals surface area (Å²) in [7, 11) is 2.04. The van der Waals surface area contributed by atoms with Crippen LogP contribution in [0.25, 0.3) is 10.6 Å². The molecule has 3 heteroatoms. The highest BCUT2D eigenvalue weighted by Crippen LogP contribution is 2.37. The first-order valence-corrected chi connectivity index (χ1v) is 7.74. The predicted octanol–water partition coefficient (Wildman–Crippen LogP) is 4.02. The van der Waals surface area contributed by atoms with Gasteiger partial charge in [0.15, 0.2) is 0 Å². The number of aromatic nitrogens is 1. The lowest BCUT2D eigenvalue weighted by Crippen LogP contribution is -2.21. The fourth-order valence-corrected chi connectivity index (χ4v) is 4.07. The van der Waals surface area contributed by atoms with Crippen LogP contribution in [0.2, 0.25) is 0 Å². The summed E-state index contributed by atoms with van der Waals surface area (Å²) in [6.07, 6.45) is 3.67. The van der Waals surface area contributed by atoms with Crippen molar-refractivity contribution < 1.29 is 0 Å². The molecular formula is C16H20N2S. The van der Waals surface area contributed by atoms with Gasteiger partial charge in [0.05, 0.1) is 11.7 Å². The summed E-state index contributed by atoms with van der Waals surface area (Å²) in [4.78, 5) is 6.38. The summed E-state index contributed by atoms with van der Waals surface area (Å²) in [6, 6.07) is 7.14. The normalized spacial score (nSPS) is 18.4. The van der Waals surface area contributed by atoms with Crippen molar-refractivity contribution in [3.63, 3.8) is 0 Å². The zero-order chi connectivity index (χ0) is 13.4. The minimum absolute atomic E-state index is 0.444. The van der Waals surface area contributed by atoms with Crippen LogP contribution in [0.15, 0.2) is 18.2 Å². The summed E-state index contributed by atoms with van der Waals surface area (Å²) in [5, 5.41) is 4.57. The number of rotatable bonds is 2. The molecule has 0 fully saturated rings. The summed E-state index contributed by atoms with van der Waals surface area (Å²) in [6.45, 7) is 4.31. The van der Waals surface area contributed by atoms with Crippen LogP contribution in [0.4, 0.5) is 0 Å². The van der Waals surface area contributed by atoms with E-state index in [1.54, 1.807) is 0 Å². The molecule has 1 unspecified atom stereocenters. The van der Waals surface area contributed by atoms with E-state index in [2.05, 4.69) is 37.4 Å². The molecule has 0 radical (unpaired) electrons. The molecule has 0 saturated carbocycles. The second-order valence-corrected chi connectivity index (χ2v) is 6.52. The van der Waals surface area contributed by atoms with Crippen molar-refractivity contribution in [1.82, 2.24) is 10.3 Å². The molecule has 1 aromatic heterocycles. The maximum absolute atomic E-state index is 4.91. The standard InChI is InChI=1S/C16H20N2S/c1-10-7-11(2)9-12(8-10)16-18-15-13(17-3)5-4-6-14(15)19-16/h7-9,13,17H,4-6H2,1-3H3. The zero-order valence-electron chi connectivity index (χ0n) is 11.8. The van der Waals surface area contributed by atoms with E-state index in [1.165, 1.54) is 51.5 Å². The molecule has 1 aliphatic carbocycles. The van der Waals surface area contributed by atoms with Crippen molar-refractivity contribution >= 4 is 11.3 Å². The minimum atomic E-state index is 0.444. The smallest absolute Gasteiger partial charge is 0.123 e. The summed E-state index contributed by atoms with van der Waals surface area (Å²) in [5.74, 6) is 0. The maximum Gasteiger partial charge on any atom is 0.123 e. The number of thiazole rings is 1. The van der Waals surface area contributed by atoms with Gasteiger partial charge in [-0.3, -0.25) is 0 Å². The molecule has 100 valence electrons. The Bertz CT molecular complexity index is 581. The fourth-order valence-electron chi connectivity index (χ4n) is 2.92. The predicted molar refractivity (Wildman–Crippen MR) is 81.8 cm³/mol. The molecule has 1 aliphatic rings. The van der Waals surface area contributed by atoms with Gasteiger partial charge < -0.3 is 5.32 Å². The number of hydrogen-bond donors (Lipinski definition) is 1. The lowest BCUT2D eigenvalue weighted by Gasteiger charge is -2.19. The number of aryl methyl sites for hydroxylation is 3. The van der Waals surface area contributed by atoms with Gasteiger partial charge in [-0.2, -0.15) is 0 Å². The second-order valence-electron chi connectivity index (χ2n) is 5.44. The highest BCUT2D eigenvalue weighted by molar-refractivity contribution is 7.15. The monoisotopic (exact) mass is 272 g/mol. The molecule has 1 heterocycles. The molecule has 1 atom stereocenters. The van der Waals surface area contributed by atoms with E-state index in [9.17, 15) is 0 Å². The third-order valence-corrected chi connectivity index (χ3v) is 4.95. The number of nitrogens with zero attached hydrogens (tertiary/aromatic N) is 1. The van der Waals surface area contributed by atoms with E-state index in [4.69, 9.17) is 4.98 Å². The lowest BCUT2D eigenvalue weighted by molar-refractivity contribution is 0.490. The van der Waals surface area contributed by atoms with Gasteiger partial charge in [0, 0.05) is 10.4 Å². The van der Waals surface area contributed by atoms with Gasteiger partial charge in [0.1, 0.15) is 5.01 Å². The molecule has 1 N–H and O–H groups in total. The first kappa shape index (κ1) is 12.8. The van der Waals surface area contributed by atoms with E-state index in [-0.39, 0.29) is 0 Å². The fraction of sp³-hybridized carbons (Fsp3) is 0.438. The SMILES string of the molecule is CNC1CCCc2sc(-c3cc(C)cc(C)c3)nc21. The zero-order valence-corrected chi connectivity index (χ0v) is 12.6. The largest absolute Gasteiger partial charge is 0.312 e. The molecule has 3 rings (SSSR count). The first-order chi connectivity index (χ1) is 9.17. The van der Waals surface area contributed by atoms with Crippen molar-refractivity contribution in [1.29, 1.82) is 0 Å². The molecule has 2 nitrogen and oxygen atoms in total. The van der Waals surface area contributed by atoms with Gasteiger partial charge in [-0.15, -0.1) is 11.3 Å². The Balaban J connectivity index is 2.04. The Labute approximate surface area is 118 Å². The minimum Gasteiger partial charge on any atom is -0.312 e. The van der Waals surface area contributed by atoms with Gasteiger partial charge in [0.2, 0.25) is 0 Å². The number of benzene rings is 1. The van der Waals surface area contributed by atoms with Crippen molar-refractivity contribution in [2.45, 2.75) is 39.2 Å². The van der Waals surface area contributed by atoms with E-state index in [0.717, 1.165) is 0 Å². The Hall–Kier alpha value is -1.19. The van der Waals surface area contributed by atoms with Gasteiger partial charge in [-0.1, -0.05) is 17.2 Å². The van der Waals surface area contributed by atoms with Gasteiger partial charge >= 0.3 is 0 Å². The Morgan fingerprint density at radius 1 is 1.21 bits per heavy atom. The van der Waals surface area contributed by atoms with Crippen molar-refractivity contribution in [3.8, 4) is 10.6 Å². The number of nitrogens with one attached hydrogen (secondary N) is 1. The van der Waals surface area contributed by atoms with Gasteiger partial charge in [-0.25, -0.2) is 4.98 Å². The van der Waals surface area contributed by atoms with E-state index in [1.807, 2.05) is 18.4 Å². The maximum atomic E-state index is 4.91. The van der Waals surface area contributed by atoms with Crippen LogP contribution in [0, 0.1) is 13.8 Å². The third kappa shape index (κ3) is 2.45. The molecule has 0 aliphatic heterocycles. The molecular weight excluding hydrogens is 252 g/mol. The summed E-state index contributed by atoms with van der Waals surface area (Å²) in [5.41, 5.74) is 5.18. The second kappa shape index (κ2) is 5.06. The summed E-state index contributed by atoms with van der Waals surface area (Å²) < 4.78 is 0. The van der Waals surface area contributed by atoms with Crippen molar-refractivity contribution in [3.05, 3.63) is 39.9 Å². The molecule has 0 bridgehead atoms. The molecule has 0 amide bonds. The average molecular weight is 272 g/mol. The highest BCUT2D eigenvalue weighted by atomic mass is 32.1. The van der Waals surface area contributed by atoms with E-state index < -0.39 is 0 Å². The van der Waals surface area contributed by atoms with Crippen LogP contribution in [0.1, 0.15) is 40.6 Å². The van der Waals surface area contributed by atoms with E-state index >= 15 is 0 Å². The van der Waals surface area contributed by atoms with Crippen LogP contribution in [0.3, 0.4) is 0 Å². The number of fused-ring (bicyclic) bond motifs is 1. The van der Waals surface area contributed by atoms with Crippen LogP contribution in [-0.2, 0) is 6.42 Å². The third-order valence-electron chi connectivity index (χ3n) is 3.77. The highest BCUT2D eigenvalue weighted by Gasteiger charge is 2.23. The molecule has 2 aromatic rings. The van der Waals surface area contributed by atoms with Crippen molar-refractivity contribution in [2.24, 2.45) is 0 Å². The first-order valence-electron chi connectivity index (χ1n) is 6.93. The Kier molecular flexibility index (Phi) is 3.42. The topological polar surface area (TPSA) is 24.9 Å². The molecule has 1 aromatic carbocycles. The molecule has 0 spiro atoms. The molecule has 0 saturated heterocycles. The van der Waals surface area contributed by atoms with Gasteiger partial charge in [0.25, 0.3) is 0 Å². The van der Waals surface area contributed by atoms with Crippen LogP contribution in [0.5, 0.6) is 0 Å². The van der Waals surface area contributed by atoms with Gasteiger partial charge in [-0.05, 0) is 52.3 Å². The van der Waals surface area contributed by atoms with Crippen LogP contribution in [-0.4, -0.2) is 12.0 Å². The van der Waals surface area contributed by atoms with Crippen molar-refractivity contribution in [2.75, 3.05) is 7.05 Å². The Morgan fingerprint density at radius 3 is 2.63 bits per heavy atom. The quantitative estimate of drug-likeness (QED) is 0.893. The number of hydrogen-bond acceptors (Lipinski definition) is 3. The average Bonchev–Trinajstić information content (AvgIpc) is 2.81. The summed E-state index contributed by atoms with van der Waals surface area (Å²) >= 11 is 1.87. The van der Waals surface area contributed by atoms with Crippen LogP contribution < -0.4 is 5.32 Å². The molecule has 19 heavy (non-hydrogen) atoms. The lowest BCUT2D eigenvalue weighted by atomic mass is 9.98. The van der Waals surface area contributed by atoms with Crippen LogP contribution >= 0.6 is 11.3 Å².